The monoisotopic (exact) mass is 374 g/mol. The van der Waals surface area contributed by atoms with Gasteiger partial charge in [-0.3, -0.25) is 0 Å². The number of carbonyl (C=O) groups excluding carboxylic acids is 1. The van der Waals surface area contributed by atoms with Gasteiger partial charge in [0.25, 0.3) is 0 Å². The lowest BCUT2D eigenvalue weighted by atomic mass is 10.1. The maximum atomic E-state index is 12.2. The molecule has 0 fully saturated rings. The molecule has 136 valence electrons. The number of carbonyl (C=O) groups is 1. The van der Waals surface area contributed by atoms with E-state index in [1.807, 2.05) is 26.0 Å². The number of thioether (sulfide) groups is 1. The summed E-state index contributed by atoms with van der Waals surface area (Å²) in [6, 6.07) is 3.51. The number of aryl methyl sites for hydroxylation is 2. The Morgan fingerprint density at radius 2 is 2.08 bits per heavy atom. The van der Waals surface area contributed by atoms with Gasteiger partial charge in [0.05, 0.1) is 5.69 Å². The molecule has 0 unspecified atom stereocenters. The number of anilines is 1. The third-order valence-corrected chi connectivity index (χ3v) is 4.73. The van der Waals surface area contributed by atoms with E-state index in [-0.39, 0.29) is 6.03 Å². The molecule has 3 rings (SSSR count). The number of hydrogen-bond acceptors (Lipinski definition) is 8. The normalized spacial score (nSPS) is 10.7. The first-order valence-electron chi connectivity index (χ1n) is 7.79. The molecule has 0 aliphatic rings. The highest BCUT2D eigenvalue weighted by Gasteiger charge is 2.10. The average molecular weight is 374 g/mol. The van der Waals surface area contributed by atoms with E-state index in [0.717, 1.165) is 16.8 Å². The molecule has 3 aromatic rings. The number of hydrogen-bond donors (Lipinski definition) is 2. The Bertz CT molecular complexity index is 891. The van der Waals surface area contributed by atoms with Crippen molar-refractivity contribution in [1.82, 2.24) is 45.7 Å². The second-order valence-electron chi connectivity index (χ2n) is 5.50. The van der Waals surface area contributed by atoms with Gasteiger partial charge in [0, 0.05) is 25.0 Å². The first-order valence-corrected chi connectivity index (χ1v) is 8.78. The van der Waals surface area contributed by atoms with Crippen LogP contribution in [0.3, 0.4) is 0 Å². The van der Waals surface area contributed by atoms with Crippen molar-refractivity contribution in [3.63, 3.8) is 0 Å². The minimum absolute atomic E-state index is 0.280. The lowest BCUT2D eigenvalue weighted by Crippen LogP contribution is -2.31. The first kappa shape index (κ1) is 17.8. The largest absolute Gasteiger partial charge is 0.337 e. The molecular weight excluding hydrogens is 356 g/mol. The minimum atomic E-state index is -0.280. The molecule has 1 aromatic carbocycles. The molecule has 26 heavy (non-hydrogen) atoms. The van der Waals surface area contributed by atoms with Crippen molar-refractivity contribution in [3.8, 4) is 5.69 Å². The molecule has 0 saturated heterocycles. The van der Waals surface area contributed by atoms with Crippen LogP contribution in [0.2, 0.25) is 0 Å². The van der Waals surface area contributed by atoms with Crippen LogP contribution in [0.1, 0.15) is 11.1 Å². The molecule has 2 amide bonds. The molecule has 0 bridgehead atoms. The van der Waals surface area contributed by atoms with Crippen LogP contribution >= 0.6 is 11.8 Å². The van der Waals surface area contributed by atoms with Crippen molar-refractivity contribution in [2.45, 2.75) is 19.0 Å². The van der Waals surface area contributed by atoms with Gasteiger partial charge in [0.2, 0.25) is 5.16 Å². The van der Waals surface area contributed by atoms with Crippen LogP contribution in [0, 0.1) is 13.8 Å². The summed E-state index contributed by atoms with van der Waals surface area (Å²) in [5.41, 5.74) is 3.49. The van der Waals surface area contributed by atoms with Gasteiger partial charge < -0.3 is 10.6 Å². The van der Waals surface area contributed by atoms with Crippen LogP contribution in [0.25, 0.3) is 5.69 Å². The standard InChI is InChI=1S/C14H18N10OS/c1-9-6-11(24-8-16-19-22-24)7-12(10(9)2)17-13(25)15-4-5-26-14-18-20-21-23(14)3/h6-8H,4-5H2,1-3H3,(H2,15,17,25). The first-order chi connectivity index (χ1) is 12.5. The summed E-state index contributed by atoms with van der Waals surface area (Å²) < 4.78 is 3.13. The van der Waals surface area contributed by atoms with Crippen molar-refractivity contribution in [1.29, 1.82) is 0 Å². The lowest BCUT2D eigenvalue weighted by molar-refractivity contribution is 0.252. The molecular formula is C14H18N10OS. The molecule has 0 aliphatic heterocycles. The highest BCUT2D eigenvalue weighted by molar-refractivity contribution is 7.99. The molecule has 0 radical (unpaired) electrons. The second-order valence-corrected chi connectivity index (χ2v) is 6.57. The maximum Gasteiger partial charge on any atom is 0.319 e. The predicted molar refractivity (Wildman–Crippen MR) is 95.2 cm³/mol. The summed E-state index contributed by atoms with van der Waals surface area (Å²) >= 11 is 1.47. The zero-order valence-corrected chi connectivity index (χ0v) is 15.4. The van der Waals surface area contributed by atoms with E-state index in [9.17, 15) is 4.79 Å². The lowest BCUT2D eigenvalue weighted by Gasteiger charge is -2.13. The molecule has 0 spiro atoms. The van der Waals surface area contributed by atoms with Crippen molar-refractivity contribution in [3.05, 3.63) is 29.6 Å². The fourth-order valence-corrected chi connectivity index (χ4v) is 2.90. The van der Waals surface area contributed by atoms with Crippen molar-refractivity contribution >= 4 is 23.5 Å². The summed E-state index contributed by atoms with van der Waals surface area (Å²) in [6.07, 6.45) is 1.51. The van der Waals surface area contributed by atoms with Crippen LogP contribution in [0.5, 0.6) is 0 Å². The van der Waals surface area contributed by atoms with Gasteiger partial charge in [-0.15, -0.1) is 10.2 Å². The summed E-state index contributed by atoms with van der Waals surface area (Å²) in [4.78, 5) is 12.2. The van der Waals surface area contributed by atoms with Crippen LogP contribution in [0.15, 0.2) is 23.6 Å². The molecule has 0 aliphatic carbocycles. The molecule has 2 aromatic heterocycles. The highest BCUT2D eigenvalue weighted by atomic mass is 32.2. The number of nitrogens with zero attached hydrogens (tertiary/aromatic N) is 8. The van der Waals surface area contributed by atoms with Gasteiger partial charge in [0.1, 0.15) is 6.33 Å². The Kier molecular flexibility index (Phi) is 5.41. The third kappa shape index (κ3) is 4.14. The van der Waals surface area contributed by atoms with E-state index in [1.54, 1.807) is 16.4 Å². The smallest absolute Gasteiger partial charge is 0.319 e. The number of tetrazole rings is 2. The summed E-state index contributed by atoms with van der Waals surface area (Å²) in [6.45, 7) is 4.40. The number of aromatic nitrogens is 8. The van der Waals surface area contributed by atoms with Crippen LogP contribution < -0.4 is 10.6 Å². The number of urea groups is 1. The van der Waals surface area contributed by atoms with Crippen molar-refractivity contribution < 1.29 is 4.79 Å². The summed E-state index contributed by atoms with van der Waals surface area (Å²) in [5, 5.41) is 28.7. The summed E-state index contributed by atoms with van der Waals surface area (Å²) in [7, 11) is 1.77. The molecule has 2 N–H and O–H groups in total. The second kappa shape index (κ2) is 7.91. The van der Waals surface area contributed by atoms with E-state index in [2.05, 4.69) is 41.7 Å². The van der Waals surface area contributed by atoms with E-state index in [0.29, 0.717) is 23.1 Å². The Hall–Kier alpha value is -3.02. The Labute approximate surface area is 153 Å². The highest BCUT2D eigenvalue weighted by Crippen LogP contribution is 2.23. The Balaban J connectivity index is 1.57. The van der Waals surface area contributed by atoms with Crippen molar-refractivity contribution in [2.75, 3.05) is 17.6 Å². The van der Waals surface area contributed by atoms with Crippen molar-refractivity contribution in [2.24, 2.45) is 7.05 Å². The van der Waals surface area contributed by atoms with E-state index in [1.165, 1.54) is 18.1 Å². The SMILES string of the molecule is Cc1cc(-n2cnnn2)cc(NC(=O)NCCSc2nnnn2C)c1C. The van der Waals surface area contributed by atoms with Crippen LogP contribution in [0.4, 0.5) is 10.5 Å². The average Bonchev–Trinajstić information content (AvgIpc) is 3.28. The number of rotatable bonds is 6. The van der Waals surface area contributed by atoms with Gasteiger partial charge >= 0.3 is 6.03 Å². The Morgan fingerprint density at radius 3 is 2.77 bits per heavy atom. The summed E-state index contributed by atoms with van der Waals surface area (Å²) in [5.74, 6) is 0.657. The predicted octanol–water partition coefficient (Wildman–Crippen LogP) is 0.716. The fraction of sp³-hybridized carbons (Fsp3) is 0.357. The van der Waals surface area contributed by atoms with E-state index >= 15 is 0 Å². The van der Waals surface area contributed by atoms with Crippen LogP contribution in [-0.4, -0.2) is 58.7 Å². The van der Waals surface area contributed by atoms with E-state index in [4.69, 9.17) is 0 Å². The van der Waals surface area contributed by atoms with E-state index < -0.39 is 0 Å². The molecule has 12 heteroatoms. The molecule has 11 nitrogen and oxygen atoms in total. The van der Waals surface area contributed by atoms with Gasteiger partial charge in [-0.25, -0.2) is 14.2 Å². The third-order valence-electron chi connectivity index (χ3n) is 3.71. The minimum Gasteiger partial charge on any atom is -0.337 e. The van der Waals surface area contributed by atoms with Gasteiger partial charge in [-0.1, -0.05) is 11.8 Å². The number of nitrogens with one attached hydrogen (secondary N) is 2. The quantitative estimate of drug-likeness (QED) is 0.477. The number of amides is 2. The zero-order chi connectivity index (χ0) is 18.5. The maximum absolute atomic E-state index is 12.2. The molecule has 0 saturated carbocycles. The zero-order valence-electron chi connectivity index (χ0n) is 14.5. The molecule has 0 atom stereocenters. The van der Waals surface area contributed by atoms with Crippen LogP contribution in [-0.2, 0) is 7.05 Å². The van der Waals surface area contributed by atoms with Gasteiger partial charge in [0.15, 0.2) is 0 Å². The Morgan fingerprint density at radius 1 is 1.23 bits per heavy atom. The fourth-order valence-electron chi connectivity index (χ4n) is 2.20. The molecule has 2 heterocycles. The van der Waals surface area contributed by atoms with Gasteiger partial charge in [-0.2, -0.15) is 0 Å². The van der Waals surface area contributed by atoms with Gasteiger partial charge in [-0.05, 0) is 58.0 Å². The topological polar surface area (TPSA) is 128 Å². The number of benzene rings is 1.